The highest BCUT2D eigenvalue weighted by molar-refractivity contribution is 7.99. The third-order valence-corrected chi connectivity index (χ3v) is 6.58. The number of ether oxygens (including phenoxy) is 1. The van der Waals surface area contributed by atoms with E-state index in [2.05, 4.69) is 10.2 Å². The van der Waals surface area contributed by atoms with Crippen molar-refractivity contribution in [1.29, 1.82) is 0 Å². The number of carbonyl (C=O) groups excluding carboxylic acids is 1. The lowest BCUT2D eigenvalue weighted by molar-refractivity contribution is -0.137. The lowest BCUT2D eigenvalue weighted by atomic mass is 9.87. The zero-order chi connectivity index (χ0) is 20.0. The predicted molar refractivity (Wildman–Crippen MR) is 104 cm³/mol. The van der Waals surface area contributed by atoms with Gasteiger partial charge in [0, 0.05) is 56.3 Å². The van der Waals surface area contributed by atoms with Crippen LogP contribution in [0.2, 0.25) is 0 Å². The van der Waals surface area contributed by atoms with Gasteiger partial charge in [0.25, 0.3) is 0 Å². The van der Waals surface area contributed by atoms with E-state index in [1.54, 1.807) is 0 Å². The molecule has 0 aliphatic carbocycles. The Kier molecular flexibility index (Phi) is 7.28. The van der Waals surface area contributed by atoms with Crippen LogP contribution in [0.3, 0.4) is 0 Å². The van der Waals surface area contributed by atoms with Gasteiger partial charge in [0.1, 0.15) is 0 Å². The molecule has 156 valence electrons. The van der Waals surface area contributed by atoms with Crippen molar-refractivity contribution in [3.05, 3.63) is 35.4 Å². The molecule has 1 amide bonds. The fraction of sp³-hybridized carbons (Fsp3) is 0.650. The molecular formula is C20H27F3N2O2S. The normalized spacial score (nSPS) is 20.7. The number of nitrogens with zero attached hydrogens (tertiary/aromatic N) is 1. The summed E-state index contributed by atoms with van der Waals surface area (Å²) < 4.78 is 43.4. The summed E-state index contributed by atoms with van der Waals surface area (Å²) in [6.07, 6.45) is -1.80. The van der Waals surface area contributed by atoms with Gasteiger partial charge >= 0.3 is 6.18 Å². The minimum absolute atomic E-state index is 0.0384. The smallest absolute Gasteiger partial charge is 0.381 e. The summed E-state index contributed by atoms with van der Waals surface area (Å²) >= 11 is 1.96. The Labute approximate surface area is 168 Å². The molecule has 2 aliphatic heterocycles. The molecule has 1 N–H and O–H groups in total. The third-order valence-electron chi connectivity index (χ3n) is 5.64. The Morgan fingerprint density at radius 3 is 2.39 bits per heavy atom. The highest BCUT2D eigenvalue weighted by Gasteiger charge is 2.39. The molecule has 2 fully saturated rings. The highest BCUT2D eigenvalue weighted by atomic mass is 32.2. The Hall–Kier alpha value is -1.25. The van der Waals surface area contributed by atoms with Gasteiger partial charge < -0.3 is 10.1 Å². The number of rotatable bonds is 6. The van der Waals surface area contributed by atoms with Crippen molar-refractivity contribution in [2.24, 2.45) is 0 Å². The summed E-state index contributed by atoms with van der Waals surface area (Å²) in [4.78, 5) is 14.9. The van der Waals surface area contributed by atoms with Crippen LogP contribution in [0.25, 0.3) is 0 Å². The van der Waals surface area contributed by atoms with Crippen molar-refractivity contribution < 1.29 is 22.7 Å². The SMILES string of the molecule is O=C(CCc1ccc(C(F)(F)F)cc1)NCC1(N2CCSCC2)CCOCC1. The van der Waals surface area contributed by atoms with Crippen LogP contribution in [0.4, 0.5) is 13.2 Å². The largest absolute Gasteiger partial charge is 0.416 e. The van der Waals surface area contributed by atoms with E-state index < -0.39 is 11.7 Å². The molecule has 1 aromatic carbocycles. The number of alkyl halides is 3. The summed E-state index contributed by atoms with van der Waals surface area (Å²) in [5.74, 6) is 2.17. The summed E-state index contributed by atoms with van der Waals surface area (Å²) in [6, 6.07) is 5.03. The van der Waals surface area contributed by atoms with Crippen molar-refractivity contribution in [3.8, 4) is 0 Å². The average Bonchev–Trinajstić information content (AvgIpc) is 2.72. The molecule has 0 saturated carbocycles. The average molecular weight is 417 g/mol. The second-order valence-corrected chi connectivity index (χ2v) is 8.63. The molecule has 0 aromatic heterocycles. The first-order valence-corrected chi connectivity index (χ1v) is 10.9. The molecule has 4 nitrogen and oxygen atoms in total. The molecule has 1 aromatic rings. The summed E-state index contributed by atoms with van der Waals surface area (Å²) in [5, 5.41) is 3.07. The van der Waals surface area contributed by atoms with Crippen LogP contribution in [-0.2, 0) is 22.1 Å². The van der Waals surface area contributed by atoms with Gasteiger partial charge in [0.15, 0.2) is 0 Å². The van der Waals surface area contributed by atoms with Crippen LogP contribution in [0.1, 0.15) is 30.4 Å². The van der Waals surface area contributed by atoms with E-state index in [-0.39, 0.29) is 17.9 Å². The number of aryl methyl sites for hydroxylation is 1. The number of nitrogens with one attached hydrogen (secondary N) is 1. The van der Waals surface area contributed by atoms with Gasteiger partial charge in [-0.1, -0.05) is 12.1 Å². The topological polar surface area (TPSA) is 41.6 Å². The van der Waals surface area contributed by atoms with E-state index in [0.29, 0.717) is 26.2 Å². The lowest BCUT2D eigenvalue weighted by Gasteiger charge is -2.48. The number of thioether (sulfide) groups is 1. The Morgan fingerprint density at radius 1 is 1.14 bits per heavy atom. The van der Waals surface area contributed by atoms with Gasteiger partial charge in [-0.15, -0.1) is 0 Å². The predicted octanol–water partition coefficient (Wildman–Crippen LogP) is 3.35. The standard InChI is InChI=1S/C20H27F3N2O2S/c21-20(22,23)17-4-1-16(2-5-17)3-6-18(26)24-15-19(7-11-27-12-8-19)25-9-13-28-14-10-25/h1-2,4-5H,3,6-15H2,(H,24,26). The van der Waals surface area contributed by atoms with Gasteiger partial charge in [0.05, 0.1) is 5.56 Å². The maximum atomic E-state index is 12.6. The number of amides is 1. The van der Waals surface area contributed by atoms with Crippen LogP contribution < -0.4 is 5.32 Å². The maximum Gasteiger partial charge on any atom is 0.416 e. The molecule has 0 bridgehead atoms. The molecule has 2 saturated heterocycles. The summed E-state index contributed by atoms with van der Waals surface area (Å²) in [6.45, 7) is 4.10. The number of hydrogen-bond donors (Lipinski definition) is 1. The summed E-state index contributed by atoms with van der Waals surface area (Å²) in [7, 11) is 0. The maximum absolute atomic E-state index is 12.6. The van der Waals surface area contributed by atoms with E-state index in [0.717, 1.165) is 55.1 Å². The van der Waals surface area contributed by atoms with Gasteiger partial charge in [0.2, 0.25) is 5.91 Å². The van der Waals surface area contributed by atoms with Crippen molar-refractivity contribution in [2.75, 3.05) is 44.4 Å². The number of carbonyl (C=O) groups is 1. The van der Waals surface area contributed by atoms with E-state index in [1.807, 2.05) is 11.8 Å². The monoisotopic (exact) mass is 416 g/mol. The third kappa shape index (κ3) is 5.64. The first kappa shape index (κ1) is 21.5. The molecule has 3 rings (SSSR count). The van der Waals surface area contributed by atoms with E-state index in [4.69, 9.17) is 4.74 Å². The Morgan fingerprint density at radius 2 is 1.79 bits per heavy atom. The number of benzene rings is 1. The van der Waals surface area contributed by atoms with E-state index in [1.165, 1.54) is 12.1 Å². The zero-order valence-corrected chi connectivity index (χ0v) is 16.7. The second kappa shape index (κ2) is 9.50. The van der Waals surface area contributed by atoms with Crippen molar-refractivity contribution in [1.82, 2.24) is 10.2 Å². The van der Waals surface area contributed by atoms with Crippen molar-refractivity contribution in [2.45, 2.75) is 37.4 Å². The quantitative estimate of drug-likeness (QED) is 0.772. The Bertz CT molecular complexity index is 640. The van der Waals surface area contributed by atoms with E-state index in [9.17, 15) is 18.0 Å². The fourth-order valence-corrected chi connectivity index (χ4v) is 4.77. The molecule has 0 unspecified atom stereocenters. The molecule has 0 atom stereocenters. The second-order valence-electron chi connectivity index (χ2n) is 7.41. The first-order chi connectivity index (χ1) is 13.4. The molecule has 2 aliphatic rings. The van der Waals surface area contributed by atoms with Crippen LogP contribution in [-0.4, -0.2) is 60.7 Å². The van der Waals surface area contributed by atoms with Gasteiger partial charge in [-0.3, -0.25) is 9.69 Å². The summed E-state index contributed by atoms with van der Waals surface area (Å²) in [5.41, 5.74) is 0.0299. The van der Waals surface area contributed by atoms with Crippen LogP contribution in [0, 0.1) is 0 Å². The van der Waals surface area contributed by atoms with Gasteiger partial charge in [-0.2, -0.15) is 24.9 Å². The van der Waals surface area contributed by atoms with Crippen molar-refractivity contribution in [3.63, 3.8) is 0 Å². The minimum Gasteiger partial charge on any atom is -0.381 e. The number of hydrogen-bond acceptors (Lipinski definition) is 4. The molecule has 0 radical (unpaired) electrons. The molecule has 0 spiro atoms. The molecule has 8 heteroatoms. The minimum atomic E-state index is -4.33. The molecular weight excluding hydrogens is 389 g/mol. The van der Waals surface area contributed by atoms with Crippen LogP contribution in [0.15, 0.2) is 24.3 Å². The number of halogens is 3. The highest BCUT2D eigenvalue weighted by Crippen LogP contribution is 2.30. The lowest BCUT2D eigenvalue weighted by Crippen LogP contribution is -2.60. The van der Waals surface area contributed by atoms with Gasteiger partial charge in [-0.05, 0) is 37.0 Å². The fourth-order valence-electron chi connectivity index (χ4n) is 3.86. The van der Waals surface area contributed by atoms with Gasteiger partial charge in [-0.25, -0.2) is 0 Å². The first-order valence-electron chi connectivity index (χ1n) is 9.72. The zero-order valence-electron chi connectivity index (χ0n) is 15.9. The van der Waals surface area contributed by atoms with E-state index >= 15 is 0 Å². The molecule has 2 heterocycles. The Balaban J connectivity index is 1.50. The van der Waals surface area contributed by atoms with Crippen LogP contribution in [0.5, 0.6) is 0 Å². The van der Waals surface area contributed by atoms with Crippen LogP contribution >= 0.6 is 11.8 Å². The molecule has 28 heavy (non-hydrogen) atoms. The van der Waals surface area contributed by atoms with Crippen molar-refractivity contribution >= 4 is 17.7 Å².